The predicted molar refractivity (Wildman–Crippen MR) is 85.4 cm³/mol. The van der Waals surface area contributed by atoms with Crippen molar-refractivity contribution < 1.29 is 9.90 Å². The topological polar surface area (TPSA) is 64.9 Å². The summed E-state index contributed by atoms with van der Waals surface area (Å²) in [4.78, 5) is 12.8. The number of anilines is 2. The van der Waals surface area contributed by atoms with Crippen LogP contribution in [0.25, 0.3) is 0 Å². The molecule has 0 aliphatic rings. The van der Waals surface area contributed by atoms with Crippen LogP contribution in [0.5, 0.6) is 0 Å². The Kier molecular flexibility index (Phi) is 4.56. The van der Waals surface area contributed by atoms with E-state index >= 15 is 0 Å². The van der Waals surface area contributed by atoms with E-state index in [9.17, 15) is 4.79 Å². The third-order valence-corrected chi connectivity index (χ3v) is 2.95. The number of rotatable bonds is 5. The lowest BCUT2D eigenvalue weighted by molar-refractivity contribution is 0.0697. The van der Waals surface area contributed by atoms with Gasteiger partial charge in [-0.2, -0.15) is 5.10 Å². The van der Waals surface area contributed by atoms with Gasteiger partial charge in [0, 0.05) is 19.8 Å². The third kappa shape index (κ3) is 4.07. The van der Waals surface area contributed by atoms with Crippen LogP contribution in [0.4, 0.5) is 11.4 Å². The first-order valence-corrected chi connectivity index (χ1v) is 6.46. The zero-order valence-electron chi connectivity index (χ0n) is 11.9. The molecule has 0 amide bonds. The molecule has 0 bridgehead atoms. The first kappa shape index (κ1) is 14.6. The molecule has 2 aromatic rings. The normalized spacial score (nSPS) is 10.6. The summed E-state index contributed by atoms with van der Waals surface area (Å²) in [6.07, 6.45) is 1.71. The van der Waals surface area contributed by atoms with E-state index in [0.29, 0.717) is 0 Å². The van der Waals surface area contributed by atoms with Crippen molar-refractivity contribution >= 4 is 23.6 Å². The first-order valence-electron chi connectivity index (χ1n) is 6.46. The van der Waals surface area contributed by atoms with E-state index in [1.807, 2.05) is 43.3 Å². The number of aromatic carboxylic acids is 1. The van der Waals surface area contributed by atoms with Crippen molar-refractivity contribution in [2.24, 2.45) is 5.10 Å². The fourth-order valence-electron chi connectivity index (χ4n) is 1.73. The van der Waals surface area contributed by atoms with Crippen LogP contribution in [-0.4, -0.2) is 31.4 Å². The number of nitrogens with one attached hydrogen (secondary N) is 1. The molecule has 0 spiro atoms. The smallest absolute Gasteiger partial charge is 0.335 e. The number of hydrogen-bond donors (Lipinski definition) is 2. The molecule has 0 unspecified atom stereocenters. The number of carboxylic acids is 1. The minimum absolute atomic E-state index is 0.254. The highest BCUT2D eigenvalue weighted by Gasteiger charge is 2.00. The van der Waals surface area contributed by atoms with Gasteiger partial charge >= 0.3 is 5.97 Å². The number of nitrogens with zero attached hydrogens (tertiary/aromatic N) is 2. The van der Waals surface area contributed by atoms with Gasteiger partial charge in [-0.3, -0.25) is 5.43 Å². The van der Waals surface area contributed by atoms with E-state index in [2.05, 4.69) is 10.5 Å². The molecule has 2 rings (SSSR count). The Morgan fingerprint density at radius 2 is 1.71 bits per heavy atom. The number of hydrazone groups is 1. The highest BCUT2D eigenvalue weighted by atomic mass is 16.4. The molecule has 0 aliphatic carbocycles. The quantitative estimate of drug-likeness (QED) is 0.654. The monoisotopic (exact) mass is 283 g/mol. The molecule has 5 heteroatoms. The van der Waals surface area contributed by atoms with Crippen LogP contribution in [0.2, 0.25) is 0 Å². The molecule has 5 nitrogen and oxygen atoms in total. The maximum absolute atomic E-state index is 10.7. The van der Waals surface area contributed by atoms with Crippen LogP contribution in [0.15, 0.2) is 53.6 Å². The summed E-state index contributed by atoms with van der Waals surface area (Å²) in [6, 6.07) is 14.4. The number of benzene rings is 2. The van der Waals surface area contributed by atoms with Gasteiger partial charge in [0.25, 0.3) is 0 Å². The summed E-state index contributed by atoms with van der Waals surface area (Å²) in [5, 5.41) is 12.9. The number of hydrogen-bond acceptors (Lipinski definition) is 4. The van der Waals surface area contributed by atoms with E-state index in [1.54, 1.807) is 18.3 Å². The van der Waals surface area contributed by atoms with Gasteiger partial charge in [0.1, 0.15) is 0 Å². The molecule has 0 radical (unpaired) electrons. The van der Waals surface area contributed by atoms with E-state index in [1.165, 1.54) is 12.1 Å². The van der Waals surface area contributed by atoms with Gasteiger partial charge in [-0.25, -0.2) is 4.79 Å². The van der Waals surface area contributed by atoms with Crippen LogP contribution in [0.3, 0.4) is 0 Å². The molecular formula is C16H17N3O2. The molecule has 21 heavy (non-hydrogen) atoms. The van der Waals surface area contributed by atoms with E-state index < -0.39 is 5.97 Å². The second-order valence-electron chi connectivity index (χ2n) is 4.74. The molecule has 2 N–H and O–H groups in total. The molecule has 2 aromatic carbocycles. The standard InChI is InChI=1S/C16H17N3O2/c1-19(2)15-9-3-12(4-10-15)11-17-18-14-7-5-13(6-8-14)16(20)21/h3-11,18H,1-2H3,(H,20,21). The number of carboxylic acid groups (broad SMARTS) is 1. The molecule has 0 atom stereocenters. The summed E-state index contributed by atoms with van der Waals surface area (Å²) >= 11 is 0. The first-order chi connectivity index (χ1) is 10.1. The maximum atomic E-state index is 10.7. The van der Waals surface area contributed by atoms with Crippen molar-refractivity contribution in [3.8, 4) is 0 Å². The van der Waals surface area contributed by atoms with Gasteiger partial charge in [0.15, 0.2) is 0 Å². The summed E-state index contributed by atoms with van der Waals surface area (Å²) in [5.41, 5.74) is 5.96. The summed E-state index contributed by atoms with van der Waals surface area (Å²) in [5.74, 6) is -0.939. The molecule has 108 valence electrons. The lowest BCUT2D eigenvalue weighted by Crippen LogP contribution is -2.08. The average Bonchev–Trinajstić information content (AvgIpc) is 2.48. The van der Waals surface area contributed by atoms with Crippen molar-refractivity contribution in [2.75, 3.05) is 24.4 Å². The SMILES string of the molecule is CN(C)c1ccc(C=NNc2ccc(C(=O)O)cc2)cc1. The largest absolute Gasteiger partial charge is 0.478 e. The molecule has 0 saturated carbocycles. The van der Waals surface area contributed by atoms with Crippen LogP contribution >= 0.6 is 0 Å². The van der Waals surface area contributed by atoms with Gasteiger partial charge in [0.2, 0.25) is 0 Å². The molecular weight excluding hydrogens is 266 g/mol. The Balaban J connectivity index is 1.97. The minimum Gasteiger partial charge on any atom is -0.478 e. The molecule has 0 aliphatic heterocycles. The van der Waals surface area contributed by atoms with Crippen molar-refractivity contribution in [3.05, 3.63) is 59.7 Å². The van der Waals surface area contributed by atoms with Crippen molar-refractivity contribution in [1.29, 1.82) is 0 Å². The Bertz CT molecular complexity index is 632. The van der Waals surface area contributed by atoms with E-state index in [4.69, 9.17) is 5.11 Å². The molecule has 0 saturated heterocycles. The fourth-order valence-corrected chi connectivity index (χ4v) is 1.73. The summed E-state index contributed by atoms with van der Waals surface area (Å²) in [7, 11) is 3.98. The lowest BCUT2D eigenvalue weighted by Gasteiger charge is -2.11. The van der Waals surface area contributed by atoms with Crippen molar-refractivity contribution in [3.63, 3.8) is 0 Å². The number of carbonyl (C=O) groups is 1. The fraction of sp³-hybridized carbons (Fsp3) is 0.125. The molecule has 0 aromatic heterocycles. The minimum atomic E-state index is -0.939. The molecule has 0 fully saturated rings. The van der Waals surface area contributed by atoms with Gasteiger partial charge in [-0.1, -0.05) is 12.1 Å². The van der Waals surface area contributed by atoms with Crippen LogP contribution < -0.4 is 10.3 Å². The Morgan fingerprint density at radius 1 is 1.10 bits per heavy atom. The van der Waals surface area contributed by atoms with Gasteiger partial charge in [-0.05, 0) is 42.0 Å². The highest BCUT2D eigenvalue weighted by molar-refractivity contribution is 5.88. The Labute approximate surface area is 123 Å². The van der Waals surface area contributed by atoms with Crippen molar-refractivity contribution in [1.82, 2.24) is 0 Å². The summed E-state index contributed by atoms with van der Waals surface area (Å²) in [6.45, 7) is 0. The predicted octanol–water partition coefficient (Wildman–Crippen LogP) is 2.90. The maximum Gasteiger partial charge on any atom is 0.335 e. The van der Waals surface area contributed by atoms with E-state index in [-0.39, 0.29) is 5.56 Å². The second kappa shape index (κ2) is 6.56. The zero-order valence-corrected chi connectivity index (χ0v) is 11.9. The average molecular weight is 283 g/mol. The summed E-state index contributed by atoms with van der Waals surface area (Å²) < 4.78 is 0. The van der Waals surface area contributed by atoms with E-state index in [0.717, 1.165) is 16.9 Å². The van der Waals surface area contributed by atoms with Crippen LogP contribution in [-0.2, 0) is 0 Å². The van der Waals surface area contributed by atoms with Gasteiger partial charge < -0.3 is 10.0 Å². The molecule has 0 heterocycles. The Morgan fingerprint density at radius 3 is 2.24 bits per heavy atom. The van der Waals surface area contributed by atoms with Crippen LogP contribution in [0, 0.1) is 0 Å². The van der Waals surface area contributed by atoms with Crippen molar-refractivity contribution in [2.45, 2.75) is 0 Å². The lowest BCUT2D eigenvalue weighted by atomic mass is 10.2. The zero-order chi connectivity index (χ0) is 15.2. The third-order valence-electron chi connectivity index (χ3n) is 2.95. The van der Waals surface area contributed by atoms with Gasteiger partial charge in [-0.15, -0.1) is 0 Å². The Hall–Kier alpha value is -2.82. The second-order valence-corrected chi connectivity index (χ2v) is 4.74. The highest BCUT2D eigenvalue weighted by Crippen LogP contribution is 2.12. The van der Waals surface area contributed by atoms with Gasteiger partial charge in [0.05, 0.1) is 17.5 Å². The van der Waals surface area contributed by atoms with Crippen LogP contribution in [0.1, 0.15) is 15.9 Å².